The normalized spacial score (nSPS) is 16.7. The lowest BCUT2D eigenvalue weighted by Crippen LogP contribution is -2.44. The van der Waals surface area contributed by atoms with Gasteiger partial charge in [-0.1, -0.05) is 11.6 Å². The zero-order chi connectivity index (χ0) is 18.0. The molecule has 1 aliphatic rings. The van der Waals surface area contributed by atoms with E-state index < -0.39 is 5.91 Å². The van der Waals surface area contributed by atoms with Crippen LogP contribution in [0.1, 0.15) is 35.4 Å². The van der Waals surface area contributed by atoms with Crippen molar-refractivity contribution < 1.29 is 18.7 Å². The fraction of sp³-hybridized carbons (Fsp3) is 0.444. The fourth-order valence-electron chi connectivity index (χ4n) is 3.31. The van der Waals surface area contributed by atoms with E-state index in [0.717, 1.165) is 23.8 Å². The van der Waals surface area contributed by atoms with Gasteiger partial charge in [-0.05, 0) is 43.9 Å². The molecular weight excluding hydrogens is 344 g/mol. The van der Waals surface area contributed by atoms with Gasteiger partial charge in [0.25, 0.3) is 5.91 Å². The van der Waals surface area contributed by atoms with Crippen LogP contribution in [0.25, 0.3) is 11.0 Å². The number of furan rings is 1. The van der Waals surface area contributed by atoms with Gasteiger partial charge in [0.05, 0.1) is 0 Å². The zero-order valence-corrected chi connectivity index (χ0v) is 14.8. The molecule has 1 aliphatic heterocycles. The highest BCUT2D eigenvalue weighted by Crippen LogP contribution is 2.28. The number of aryl methyl sites for hydroxylation is 1. The Morgan fingerprint density at radius 1 is 1.36 bits per heavy atom. The smallest absolute Gasteiger partial charge is 0.287 e. The average molecular weight is 365 g/mol. The predicted octanol–water partition coefficient (Wildman–Crippen LogP) is 2.80. The molecular formula is C18H21ClN2O4. The summed E-state index contributed by atoms with van der Waals surface area (Å²) in [6.07, 6.45) is 1.67. The SMILES string of the molecule is Cc1c(C(=O)N[C@@H](CC(N)=O)C2CCOCC2)oc2ccc(Cl)cc12. The number of amides is 2. The number of hydrogen-bond donors (Lipinski definition) is 2. The van der Waals surface area contributed by atoms with Gasteiger partial charge < -0.3 is 20.2 Å². The standard InChI is InChI=1S/C18H21ClN2O4/c1-10-13-8-12(19)2-3-15(13)25-17(10)18(23)21-14(9-16(20)22)11-4-6-24-7-5-11/h2-3,8,11,14H,4-7,9H2,1H3,(H2,20,22)(H,21,23)/t14-/m0/s1. The van der Waals surface area contributed by atoms with Gasteiger partial charge >= 0.3 is 0 Å². The number of carbonyl (C=O) groups excluding carboxylic acids is 2. The molecule has 1 aromatic heterocycles. The van der Waals surface area contributed by atoms with Crippen LogP contribution in [0, 0.1) is 12.8 Å². The maximum atomic E-state index is 12.7. The van der Waals surface area contributed by atoms with Gasteiger partial charge in [-0.3, -0.25) is 9.59 Å². The van der Waals surface area contributed by atoms with Gasteiger partial charge in [-0.25, -0.2) is 0 Å². The van der Waals surface area contributed by atoms with Gasteiger partial charge in [0.2, 0.25) is 5.91 Å². The summed E-state index contributed by atoms with van der Waals surface area (Å²) in [5, 5.41) is 4.31. The van der Waals surface area contributed by atoms with Crippen LogP contribution in [-0.4, -0.2) is 31.1 Å². The number of fused-ring (bicyclic) bond motifs is 1. The van der Waals surface area contributed by atoms with Crippen LogP contribution in [0.15, 0.2) is 22.6 Å². The molecule has 1 fully saturated rings. The van der Waals surface area contributed by atoms with Gasteiger partial charge in [-0.2, -0.15) is 0 Å². The minimum absolute atomic E-state index is 0.0987. The van der Waals surface area contributed by atoms with Gasteiger partial charge in [0.1, 0.15) is 5.58 Å². The van der Waals surface area contributed by atoms with Crippen LogP contribution >= 0.6 is 11.6 Å². The van der Waals surface area contributed by atoms with E-state index in [9.17, 15) is 9.59 Å². The zero-order valence-electron chi connectivity index (χ0n) is 14.0. The molecule has 3 rings (SSSR count). The number of ether oxygens (including phenoxy) is 1. The van der Waals surface area contributed by atoms with Gasteiger partial charge in [0, 0.05) is 41.6 Å². The van der Waals surface area contributed by atoms with Crippen LogP contribution in [0.4, 0.5) is 0 Å². The number of primary amides is 1. The van der Waals surface area contributed by atoms with Crippen LogP contribution < -0.4 is 11.1 Å². The first-order valence-corrected chi connectivity index (χ1v) is 8.69. The molecule has 25 heavy (non-hydrogen) atoms. The molecule has 6 nitrogen and oxygen atoms in total. The van der Waals surface area contributed by atoms with Crippen molar-refractivity contribution in [1.29, 1.82) is 0 Å². The minimum atomic E-state index is -0.440. The number of nitrogens with two attached hydrogens (primary N) is 1. The number of benzene rings is 1. The Morgan fingerprint density at radius 2 is 2.08 bits per heavy atom. The van der Waals surface area contributed by atoms with Crippen molar-refractivity contribution in [1.82, 2.24) is 5.32 Å². The molecule has 3 N–H and O–H groups in total. The van der Waals surface area contributed by atoms with E-state index in [2.05, 4.69) is 5.32 Å². The first-order chi connectivity index (χ1) is 12.0. The third-order valence-corrected chi connectivity index (χ3v) is 4.91. The second-order valence-corrected chi connectivity index (χ2v) is 6.83. The average Bonchev–Trinajstić information content (AvgIpc) is 2.91. The molecule has 0 radical (unpaired) electrons. The molecule has 2 heterocycles. The summed E-state index contributed by atoms with van der Waals surface area (Å²) in [6.45, 7) is 3.06. The van der Waals surface area contributed by atoms with Crippen LogP contribution in [0.3, 0.4) is 0 Å². The summed E-state index contributed by atoms with van der Waals surface area (Å²) < 4.78 is 11.1. The Morgan fingerprint density at radius 3 is 2.76 bits per heavy atom. The third kappa shape index (κ3) is 3.96. The van der Waals surface area contributed by atoms with E-state index >= 15 is 0 Å². The molecule has 0 aliphatic carbocycles. The van der Waals surface area contributed by atoms with Crippen molar-refractivity contribution in [2.75, 3.05) is 13.2 Å². The Bertz CT molecular complexity index is 796. The summed E-state index contributed by atoms with van der Waals surface area (Å²) in [6, 6.07) is 4.89. The maximum Gasteiger partial charge on any atom is 0.287 e. The molecule has 1 aromatic carbocycles. The lowest BCUT2D eigenvalue weighted by atomic mass is 9.89. The van der Waals surface area contributed by atoms with Crippen molar-refractivity contribution in [2.24, 2.45) is 11.7 Å². The van der Waals surface area contributed by atoms with E-state index in [4.69, 9.17) is 26.5 Å². The quantitative estimate of drug-likeness (QED) is 0.852. The first-order valence-electron chi connectivity index (χ1n) is 8.31. The summed E-state index contributed by atoms with van der Waals surface area (Å²) in [5.74, 6) is -0.393. The molecule has 1 atom stereocenters. The van der Waals surface area contributed by atoms with E-state index in [1.165, 1.54) is 0 Å². The number of carbonyl (C=O) groups is 2. The second-order valence-electron chi connectivity index (χ2n) is 6.40. The monoisotopic (exact) mass is 364 g/mol. The van der Waals surface area contributed by atoms with E-state index in [0.29, 0.717) is 23.8 Å². The Hall–Kier alpha value is -2.05. The highest BCUT2D eigenvalue weighted by atomic mass is 35.5. The van der Waals surface area contributed by atoms with Crippen LogP contribution in [-0.2, 0) is 9.53 Å². The number of halogens is 1. The lowest BCUT2D eigenvalue weighted by molar-refractivity contribution is -0.118. The molecule has 0 unspecified atom stereocenters. The summed E-state index contributed by atoms with van der Waals surface area (Å²) in [5.41, 5.74) is 6.69. The van der Waals surface area contributed by atoms with Gasteiger partial charge in [0.15, 0.2) is 5.76 Å². The molecule has 7 heteroatoms. The van der Waals surface area contributed by atoms with Crippen LogP contribution in [0.2, 0.25) is 5.02 Å². The van der Waals surface area contributed by atoms with Crippen molar-refractivity contribution in [2.45, 2.75) is 32.2 Å². The van der Waals surface area contributed by atoms with Crippen LogP contribution in [0.5, 0.6) is 0 Å². The Kier molecular flexibility index (Phi) is 5.30. The van der Waals surface area contributed by atoms with E-state index in [1.807, 2.05) is 6.92 Å². The topological polar surface area (TPSA) is 94.6 Å². The molecule has 1 saturated heterocycles. The first kappa shape index (κ1) is 17.8. The lowest BCUT2D eigenvalue weighted by Gasteiger charge is -2.30. The third-order valence-electron chi connectivity index (χ3n) is 4.68. The molecule has 134 valence electrons. The van der Waals surface area contributed by atoms with Crippen molar-refractivity contribution in [3.8, 4) is 0 Å². The Labute approximate surface area is 150 Å². The van der Waals surface area contributed by atoms with Crippen molar-refractivity contribution in [3.05, 3.63) is 34.5 Å². The summed E-state index contributed by atoms with van der Waals surface area (Å²) in [7, 11) is 0. The molecule has 2 amide bonds. The number of hydrogen-bond acceptors (Lipinski definition) is 4. The largest absolute Gasteiger partial charge is 0.451 e. The molecule has 0 saturated carbocycles. The predicted molar refractivity (Wildman–Crippen MR) is 94.6 cm³/mol. The van der Waals surface area contributed by atoms with E-state index in [-0.39, 0.29) is 30.0 Å². The Balaban J connectivity index is 1.83. The highest BCUT2D eigenvalue weighted by molar-refractivity contribution is 6.31. The van der Waals surface area contributed by atoms with E-state index in [1.54, 1.807) is 18.2 Å². The summed E-state index contributed by atoms with van der Waals surface area (Å²) in [4.78, 5) is 24.2. The second kappa shape index (κ2) is 7.45. The molecule has 2 aromatic rings. The maximum absolute atomic E-state index is 12.7. The molecule has 0 bridgehead atoms. The number of nitrogens with one attached hydrogen (secondary N) is 1. The highest BCUT2D eigenvalue weighted by Gasteiger charge is 2.29. The van der Waals surface area contributed by atoms with Crippen molar-refractivity contribution >= 4 is 34.4 Å². The van der Waals surface area contributed by atoms with Crippen molar-refractivity contribution in [3.63, 3.8) is 0 Å². The minimum Gasteiger partial charge on any atom is -0.451 e. The van der Waals surface area contributed by atoms with Gasteiger partial charge in [-0.15, -0.1) is 0 Å². The number of rotatable bonds is 5. The summed E-state index contributed by atoms with van der Waals surface area (Å²) >= 11 is 6.02. The molecule has 0 spiro atoms. The fourth-order valence-corrected chi connectivity index (χ4v) is 3.49.